The van der Waals surface area contributed by atoms with E-state index >= 15 is 0 Å². The summed E-state index contributed by atoms with van der Waals surface area (Å²) in [4.78, 5) is 24.1. The van der Waals surface area contributed by atoms with Crippen LogP contribution in [0.3, 0.4) is 0 Å². The van der Waals surface area contributed by atoms with Gasteiger partial charge in [-0.25, -0.2) is 0 Å². The third-order valence-corrected chi connectivity index (χ3v) is 3.11. The van der Waals surface area contributed by atoms with Crippen LogP contribution in [-0.4, -0.2) is 31.1 Å². The third kappa shape index (κ3) is 2.47. The molecule has 0 amide bonds. The zero-order chi connectivity index (χ0) is 14.2. The van der Waals surface area contributed by atoms with E-state index in [1.165, 1.54) is 4.68 Å². The Morgan fingerprint density at radius 3 is 2.32 bits per heavy atom. The highest BCUT2D eigenvalue weighted by molar-refractivity contribution is 6.13. The van der Waals surface area contributed by atoms with Gasteiger partial charge in [0.25, 0.3) is 0 Å². The molecule has 0 spiro atoms. The lowest BCUT2D eigenvalue weighted by molar-refractivity contribution is 0.0890. The fraction of sp³-hybridized carbons (Fsp3) is 0.385. The SMILES string of the molecule is Cc1nn(C)c(C)c1C(=O)CC(=O)c1ccn(C)n1. The molecule has 0 aliphatic rings. The van der Waals surface area contributed by atoms with E-state index in [4.69, 9.17) is 0 Å². The first-order valence-electron chi connectivity index (χ1n) is 5.96. The molecule has 0 unspecified atom stereocenters. The number of carbonyl (C=O) groups is 2. The van der Waals surface area contributed by atoms with Gasteiger partial charge in [0, 0.05) is 26.0 Å². The Kier molecular flexibility index (Phi) is 3.33. The topological polar surface area (TPSA) is 69.8 Å². The van der Waals surface area contributed by atoms with Crippen molar-refractivity contribution < 1.29 is 9.59 Å². The van der Waals surface area contributed by atoms with Gasteiger partial charge in [0.05, 0.1) is 17.7 Å². The number of nitrogens with zero attached hydrogens (tertiary/aromatic N) is 4. The van der Waals surface area contributed by atoms with Crippen LogP contribution in [-0.2, 0) is 14.1 Å². The van der Waals surface area contributed by atoms with Crippen LogP contribution in [0.1, 0.15) is 38.7 Å². The summed E-state index contributed by atoms with van der Waals surface area (Å²) in [6.45, 7) is 3.59. The van der Waals surface area contributed by atoms with Crippen molar-refractivity contribution in [3.63, 3.8) is 0 Å². The number of ketones is 2. The Hall–Kier alpha value is -2.24. The smallest absolute Gasteiger partial charge is 0.190 e. The van der Waals surface area contributed by atoms with Crippen molar-refractivity contribution in [3.8, 4) is 0 Å². The normalized spacial score (nSPS) is 10.7. The van der Waals surface area contributed by atoms with Gasteiger partial charge >= 0.3 is 0 Å². The standard InChI is InChI=1S/C13H16N4O2/c1-8-13(9(2)17(4)14-8)12(19)7-11(18)10-5-6-16(3)15-10/h5-6H,7H2,1-4H3. The van der Waals surface area contributed by atoms with E-state index in [9.17, 15) is 9.59 Å². The first-order chi connectivity index (χ1) is 8.90. The van der Waals surface area contributed by atoms with Crippen LogP contribution >= 0.6 is 0 Å². The zero-order valence-electron chi connectivity index (χ0n) is 11.5. The van der Waals surface area contributed by atoms with E-state index in [2.05, 4.69) is 10.2 Å². The molecule has 0 N–H and O–H groups in total. The van der Waals surface area contributed by atoms with Gasteiger partial charge in [-0.1, -0.05) is 0 Å². The molecule has 2 aromatic heterocycles. The van der Waals surface area contributed by atoms with Crippen molar-refractivity contribution in [1.29, 1.82) is 0 Å². The largest absolute Gasteiger partial charge is 0.294 e. The molecule has 6 nitrogen and oxygen atoms in total. The molecule has 0 fully saturated rings. The molecule has 0 aliphatic carbocycles. The molecule has 2 rings (SSSR count). The van der Waals surface area contributed by atoms with Crippen LogP contribution in [0.15, 0.2) is 12.3 Å². The summed E-state index contributed by atoms with van der Waals surface area (Å²) in [6.07, 6.45) is 1.50. The molecule has 0 aromatic carbocycles. The third-order valence-electron chi connectivity index (χ3n) is 3.11. The van der Waals surface area contributed by atoms with Gasteiger partial charge in [0.15, 0.2) is 11.6 Å². The number of hydrogen-bond acceptors (Lipinski definition) is 4. The van der Waals surface area contributed by atoms with Gasteiger partial charge in [0.1, 0.15) is 5.69 Å². The molecular formula is C13H16N4O2. The Balaban J connectivity index is 2.20. The lowest BCUT2D eigenvalue weighted by Crippen LogP contribution is -2.11. The average molecular weight is 260 g/mol. The highest BCUT2D eigenvalue weighted by Gasteiger charge is 2.21. The number of aryl methyl sites for hydroxylation is 3. The van der Waals surface area contributed by atoms with E-state index in [0.29, 0.717) is 17.0 Å². The maximum absolute atomic E-state index is 12.2. The Labute approximate surface area is 111 Å². The van der Waals surface area contributed by atoms with Gasteiger partial charge in [-0.2, -0.15) is 10.2 Å². The number of aromatic nitrogens is 4. The maximum atomic E-state index is 12.2. The molecule has 0 saturated heterocycles. The molecular weight excluding hydrogens is 244 g/mol. The second-order valence-corrected chi connectivity index (χ2v) is 4.57. The van der Waals surface area contributed by atoms with Crippen LogP contribution in [0.25, 0.3) is 0 Å². The molecule has 0 aliphatic heterocycles. The minimum absolute atomic E-state index is 0.176. The van der Waals surface area contributed by atoms with Gasteiger partial charge in [-0.15, -0.1) is 0 Å². The maximum Gasteiger partial charge on any atom is 0.190 e. The van der Waals surface area contributed by atoms with Crippen molar-refractivity contribution >= 4 is 11.6 Å². The quantitative estimate of drug-likeness (QED) is 0.612. The van der Waals surface area contributed by atoms with Crippen LogP contribution in [0.4, 0.5) is 0 Å². The summed E-state index contributed by atoms with van der Waals surface area (Å²) in [7, 11) is 3.51. The minimum atomic E-state index is -0.270. The predicted molar refractivity (Wildman–Crippen MR) is 69.2 cm³/mol. The Morgan fingerprint density at radius 1 is 1.16 bits per heavy atom. The van der Waals surface area contributed by atoms with E-state index in [1.807, 2.05) is 6.92 Å². The van der Waals surface area contributed by atoms with Crippen LogP contribution in [0.2, 0.25) is 0 Å². The van der Waals surface area contributed by atoms with E-state index in [1.54, 1.807) is 38.0 Å². The summed E-state index contributed by atoms with van der Waals surface area (Å²) < 4.78 is 3.19. The van der Waals surface area contributed by atoms with Crippen molar-refractivity contribution in [2.24, 2.45) is 14.1 Å². The van der Waals surface area contributed by atoms with E-state index in [-0.39, 0.29) is 18.0 Å². The number of Topliss-reactive ketones (excluding diaryl/α,β-unsaturated/α-hetero) is 2. The summed E-state index contributed by atoms with van der Waals surface area (Å²) in [5, 5.41) is 8.18. The second-order valence-electron chi connectivity index (χ2n) is 4.57. The summed E-state index contributed by atoms with van der Waals surface area (Å²) >= 11 is 0. The highest BCUT2D eigenvalue weighted by atomic mass is 16.1. The zero-order valence-corrected chi connectivity index (χ0v) is 11.5. The summed E-state index contributed by atoms with van der Waals surface area (Å²) in [5.74, 6) is -0.480. The van der Waals surface area contributed by atoms with Crippen LogP contribution in [0, 0.1) is 13.8 Å². The Bertz CT molecular complexity index is 652. The van der Waals surface area contributed by atoms with Crippen molar-refractivity contribution in [3.05, 3.63) is 34.9 Å². The first-order valence-corrected chi connectivity index (χ1v) is 5.96. The molecule has 0 saturated carbocycles. The lowest BCUT2D eigenvalue weighted by Gasteiger charge is -2.00. The van der Waals surface area contributed by atoms with Crippen molar-refractivity contribution in [2.75, 3.05) is 0 Å². The predicted octanol–water partition coefficient (Wildman–Crippen LogP) is 1.23. The fourth-order valence-electron chi connectivity index (χ4n) is 2.07. The second kappa shape index (κ2) is 4.79. The number of rotatable bonds is 4. The molecule has 2 heterocycles. The van der Waals surface area contributed by atoms with E-state index < -0.39 is 0 Å². The number of carbonyl (C=O) groups excluding carboxylic acids is 2. The average Bonchev–Trinajstić information content (AvgIpc) is 2.84. The van der Waals surface area contributed by atoms with Crippen LogP contribution in [0.5, 0.6) is 0 Å². The van der Waals surface area contributed by atoms with Crippen molar-refractivity contribution in [1.82, 2.24) is 19.6 Å². The lowest BCUT2D eigenvalue weighted by atomic mass is 10.0. The monoisotopic (exact) mass is 260 g/mol. The highest BCUT2D eigenvalue weighted by Crippen LogP contribution is 2.15. The Morgan fingerprint density at radius 2 is 1.84 bits per heavy atom. The van der Waals surface area contributed by atoms with Gasteiger partial charge in [-0.3, -0.25) is 19.0 Å². The molecule has 100 valence electrons. The molecule has 6 heteroatoms. The van der Waals surface area contributed by atoms with Gasteiger partial charge in [-0.05, 0) is 19.9 Å². The van der Waals surface area contributed by atoms with Gasteiger partial charge < -0.3 is 0 Å². The van der Waals surface area contributed by atoms with E-state index in [0.717, 1.165) is 5.69 Å². The molecule has 19 heavy (non-hydrogen) atoms. The fourth-order valence-corrected chi connectivity index (χ4v) is 2.07. The van der Waals surface area contributed by atoms with Crippen molar-refractivity contribution in [2.45, 2.75) is 20.3 Å². The minimum Gasteiger partial charge on any atom is -0.294 e. The van der Waals surface area contributed by atoms with Gasteiger partial charge in [0.2, 0.25) is 0 Å². The summed E-state index contributed by atoms with van der Waals surface area (Å²) in [5.41, 5.74) is 2.27. The summed E-state index contributed by atoms with van der Waals surface area (Å²) in [6, 6.07) is 1.61. The molecule has 0 bridgehead atoms. The molecule has 2 aromatic rings. The molecule has 0 radical (unpaired) electrons. The van der Waals surface area contributed by atoms with Crippen LogP contribution < -0.4 is 0 Å². The first kappa shape index (κ1) is 13.2. The number of hydrogen-bond donors (Lipinski definition) is 0. The molecule has 0 atom stereocenters.